The first-order chi connectivity index (χ1) is 20.4. The topological polar surface area (TPSA) is 316 Å². The number of carboxylic acids is 1. The molecular formula is C25H42N4O14S. The first-order valence-electron chi connectivity index (χ1n) is 14.0. The molecule has 19 heteroatoms. The lowest BCUT2D eigenvalue weighted by molar-refractivity contribution is -0.173. The van der Waals surface area contributed by atoms with Gasteiger partial charge in [0.25, 0.3) is 11.8 Å². The van der Waals surface area contributed by atoms with E-state index in [1.165, 1.54) is 0 Å². The predicted molar refractivity (Wildman–Crippen MR) is 150 cm³/mol. The van der Waals surface area contributed by atoms with Crippen LogP contribution in [-0.2, 0) is 24.0 Å². The molecule has 2 rings (SSSR count). The smallest absolute Gasteiger partial charge is 0.322 e. The molecule has 2 aliphatic rings. The molecule has 2 fully saturated rings. The van der Waals surface area contributed by atoms with Gasteiger partial charge < -0.3 is 67.2 Å². The minimum atomic E-state index is -2.37. The Balaban J connectivity index is 2.05. The standard InChI is InChI=1S/C25H42N4O14S/c30-13-5-24(42,6-14(31)18(13)36)22(40)26-4-2-1-3-11(21(39)28-12(10-44)20(38)27-9-17(34)35)29-23(41)25(43)7-15(32)19(37)16(33)8-25/h11-16,18-19,30-33,36-37,42-44H,1-10H2,(H,26,40)(H,27,38)(H,28,39)(H,29,41)(H,34,35)/t11-,12-,13+,14+,15+,16+,18?,19?,24?,25?/m0/s1. The number of nitrogens with one attached hydrogen (secondary N) is 4. The van der Waals surface area contributed by atoms with Crippen LogP contribution < -0.4 is 21.3 Å². The molecule has 13 N–H and O–H groups in total. The van der Waals surface area contributed by atoms with Crippen LogP contribution in [0.3, 0.4) is 0 Å². The Morgan fingerprint density at radius 3 is 1.61 bits per heavy atom. The van der Waals surface area contributed by atoms with Gasteiger partial charge in [0.15, 0.2) is 0 Å². The molecule has 18 nitrogen and oxygen atoms in total. The van der Waals surface area contributed by atoms with Crippen molar-refractivity contribution in [2.24, 2.45) is 0 Å². The van der Waals surface area contributed by atoms with Gasteiger partial charge in [0.1, 0.15) is 42.0 Å². The molecule has 2 saturated carbocycles. The van der Waals surface area contributed by atoms with Gasteiger partial charge in [-0.05, 0) is 19.3 Å². The van der Waals surface area contributed by atoms with Crippen molar-refractivity contribution < 1.29 is 69.9 Å². The van der Waals surface area contributed by atoms with E-state index in [0.717, 1.165) is 0 Å². The van der Waals surface area contributed by atoms with Gasteiger partial charge >= 0.3 is 5.97 Å². The molecule has 0 heterocycles. The highest BCUT2D eigenvalue weighted by Gasteiger charge is 2.49. The number of hydrogen-bond acceptors (Lipinski definition) is 14. The third-order valence-corrected chi connectivity index (χ3v) is 8.03. The molecule has 44 heavy (non-hydrogen) atoms. The number of aliphatic hydroxyl groups excluding tert-OH is 6. The van der Waals surface area contributed by atoms with Gasteiger partial charge in [0.05, 0.1) is 24.4 Å². The first kappa shape index (κ1) is 37.6. The summed E-state index contributed by atoms with van der Waals surface area (Å²) in [6.07, 6.45) is -11.7. The molecule has 6 atom stereocenters. The van der Waals surface area contributed by atoms with Crippen LogP contribution in [0.2, 0.25) is 0 Å². The van der Waals surface area contributed by atoms with Crippen LogP contribution in [-0.4, -0.2) is 154 Å². The van der Waals surface area contributed by atoms with Gasteiger partial charge in [-0.2, -0.15) is 12.6 Å². The highest BCUT2D eigenvalue weighted by atomic mass is 32.1. The number of aliphatic carboxylic acids is 1. The van der Waals surface area contributed by atoms with Gasteiger partial charge in [0, 0.05) is 38.0 Å². The average molecular weight is 655 g/mol. The Bertz CT molecular complexity index is 1030. The second-order valence-electron chi connectivity index (χ2n) is 11.3. The zero-order valence-corrected chi connectivity index (χ0v) is 24.6. The van der Waals surface area contributed by atoms with Crippen LogP contribution in [0.15, 0.2) is 0 Å². The van der Waals surface area contributed by atoms with Crippen LogP contribution >= 0.6 is 12.6 Å². The van der Waals surface area contributed by atoms with Gasteiger partial charge in [-0.1, -0.05) is 0 Å². The summed E-state index contributed by atoms with van der Waals surface area (Å²) >= 11 is 3.99. The Kier molecular flexibility index (Phi) is 13.7. The van der Waals surface area contributed by atoms with Crippen molar-refractivity contribution >= 4 is 42.2 Å². The van der Waals surface area contributed by atoms with Crippen LogP contribution in [0.4, 0.5) is 0 Å². The number of hydrogen-bond donors (Lipinski definition) is 14. The number of carbonyl (C=O) groups is 5. The lowest BCUT2D eigenvalue weighted by atomic mass is 9.79. The van der Waals surface area contributed by atoms with E-state index >= 15 is 0 Å². The summed E-state index contributed by atoms with van der Waals surface area (Å²) in [5.74, 6) is -5.47. The van der Waals surface area contributed by atoms with E-state index in [1.54, 1.807) is 0 Å². The summed E-state index contributed by atoms with van der Waals surface area (Å²) < 4.78 is 0. The molecule has 0 aromatic carbocycles. The summed E-state index contributed by atoms with van der Waals surface area (Å²) in [6.45, 7) is -0.794. The van der Waals surface area contributed by atoms with Crippen molar-refractivity contribution in [2.45, 2.75) is 105 Å². The second kappa shape index (κ2) is 16.1. The summed E-state index contributed by atoms with van der Waals surface area (Å²) in [4.78, 5) is 61.7. The Morgan fingerprint density at radius 1 is 0.682 bits per heavy atom. The third-order valence-electron chi connectivity index (χ3n) is 7.67. The number of amides is 4. The van der Waals surface area contributed by atoms with E-state index in [1.807, 2.05) is 0 Å². The van der Waals surface area contributed by atoms with Gasteiger partial charge in [-0.15, -0.1) is 0 Å². The van der Waals surface area contributed by atoms with E-state index in [4.69, 9.17) is 5.11 Å². The van der Waals surface area contributed by atoms with Gasteiger partial charge in [0.2, 0.25) is 11.8 Å². The molecule has 4 amide bonds. The third kappa shape index (κ3) is 9.94. The lowest BCUT2D eigenvalue weighted by Crippen LogP contribution is -2.62. The number of aliphatic hydroxyl groups is 8. The fourth-order valence-corrected chi connectivity index (χ4v) is 5.33. The minimum Gasteiger partial charge on any atom is -0.480 e. The molecule has 0 spiro atoms. The molecule has 2 aliphatic carbocycles. The van der Waals surface area contributed by atoms with E-state index in [2.05, 4.69) is 33.9 Å². The van der Waals surface area contributed by atoms with Crippen molar-refractivity contribution in [3.8, 4) is 0 Å². The summed E-state index contributed by atoms with van der Waals surface area (Å²) in [5, 5.41) is 98.2. The van der Waals surface area contributed by atoms with Gasteiger partial charge in [-0.25, -0.2) is 0 Å². The molecular weight excluding hydrogens is 612 g/mol. The highest BCUT2D eigenvalue weighted by Crippen LogP contribution is 2.30. The van der Waals surface area contributed by atoms with Crippen molar-refractivity contribution in [1.82, 2.24) is 21.3 Å². The first-order valence-corrected chi connectivity index (χ1v) is 14.6. The molecule has 0 aromatic heterocycles. The molecule has 0 saturated heterocycles. The van der Waals surface area contributed by atoms with Crippen molar-refractivity contribution in [2.75, 3.05) is 18.8 Å². The van der Waals surface area contributed by atoms with E-state index in [0.29, 0.717) is 0 Å². The molecule has 252 valence electrons. The zero-order chi connectivity index (χ0) is 33.4. The fourth-order valence-electron chi connectivity index (χ4n) is 5.07. The van der Waals surface area contributed by atoms with Crippen molar-refractivity contribution in [3.63, 3.8) is 0 Å². The maximum Gasteiger partial charge on any atom is 0.322 e. The van der Waals surface area contributed by atoms with E-state index in [-0.39, 0.29) is 31.6 Å². The second-order valence-corrected chi connectivity index (χ2v) is 11.6. The Morgan fingerprint density at radius 2 is 1.16 bits per heavy atom. The van der Waals surface area contributed by atoms with Gasteiger partial charge in [-0.3, -0.25) is 24.0 Å². The summed E-state index contributed by atoms with van der Waals surface area (Å²) in [5.41, 5.74) is -4.51. The van der Waals surface area contributed by atoms with Crippen molar-refractivity contribution in [1.29, 1.82) is 0 Å². The number of rotatable bonds is 14. The maximum atomic E-state index is 13.1. The number of thiol groups is 1. The largest absolute Gasteiger partial charge is 0.480 e. The summed E-state index contributed by atoms with van der Waals surface area (Å²) in [7, 11) is 0. The number of carboxylic acid groups (broad SMARTS) is 1. The van der Waals surface area contributed by atoms with E-state index < -0.39 is 122 Å². The molecule has 0 unspecified atom stereocenters. The zero-order valence-electron chi connectivity index (χ0n) is 23.7. The predicted octanol–water partition coefficient (Wildman–Crippen LogP) is -6.41. The fraction of sp³-hybridized carbons (Fsp3) is 0.800. The average Bonchev–Trinajstić information content (AvgIpc) is 2.94. The normalized spacial score (nSPS) is 33.4. The van der Waals surface area contributed by atoms with Crippen LogP contribution in [0.1, 0.15) is 44.9 Å². The molecule has 0 radical (unpaired) electrons. The minimum absolute atomic E-state index is 0.0603. The SMILES string of the molecule is O=C(O)CNC(=O)[C@H](CS)NC(=O)[C@H](CCCCNC(=O)C1(O)C[C@@H](O)C(O)[C@H](O)C1)NC(=O)C1(O)C[C@@H](O)C(O)[C@H](O)C1. The summed E-state index contributed by atoms with van der Waals surface area (Å²) in [6, 6.07) is -2.74. The number of unbranched alkanes of at least 4 members (excludes halogenated alkanes) is 1. The number of carbonyl (C=O) groups excluding carboxylic acids is 4. The highest BCUT2D eigenvalue weighted by molar-refractivity contribution is 7.80. The maximum absolute atomic E-state index is 13.1. The quantitative estimate of drug-likeness (QED) is 0.0612. The molecule has 0 bridgehead atoms. The van der Waals surface area contributed by atoms with Crippen LogP contribution in [0.25, 0.3) is 0 Å². The molecule has 0 aromatic rings. The monoisotopic (exact) mass is 654 g/mol. The lowest BCUT2D eigenvalue weighted by Gasteiger charge is -2.39. The van der Waals surface area contributed by atoms with Crippen LogP contribution in [0, 0.1) is 0 Å². The Labute approximate surface area is 257 Å². The molecule has 0 aliphatic heterocycles. The van der Waals surface area contributed by atoms with Crippen molar-refractivity contribution in [3.05, 3.63) is 0 Å². The van der Waals surface area contributed by atoms with E-state index in [9.17, 15) is 64.8 Å². The van der Waals surface area contributed by atoms with Crippen LogP contribution in [0.5, 0.6) is 0 Å². The Hall–Kier alpha value is -2.62.